The lowest BCUT2D eigenvalue weighted by Crippen LogP contribution is -2.42. The first kappa shape index (κ1) is 16.2. The first-order valence-corrected chi connectivity index (χ1v) is 7.82. The summed E-state index contributed by atoms with van der Waals surface area (Å²) in [5.41, 5.74) is -0.646. The van der Waals surface area contributed by atoms with Crippen molar-refractivity contribution in [1.82, 2.24) is 4.90 Å². The van der Waals surface area contributed by atoms with Crippen molar-refractivity contribution in [2.45, 2.75) is 44.9 Å². The fourth-order valence-corrected chi connectivity index (χ4v) is 2.20. The summed E-state index contributed by atoms with van der Waals surface area (Å²) in [6.07, 6.45) is -0.0582. The third kappa shape index (κ3) is 5.75. The monoisotopic (exact) mass is 295 g/mol. The van der Waals surface area contributed by atoms with Gasteiger partial charge in [0.25, 0.3) is 10.1 Å². The molecule has 7 nitrogen and oxygen atoms in total. The zero-order valence-corrected chi connectivity index (χ0v) is 12.4. The number of carbonyl (C=O) groups excluding carboxylic acids is 1. The highest BCUT2D eigenvalue weighted by Gasteiger charge is 2.37. The average molecular weight is 295 g/mol. The van der Waals surface area contributed by atoms with E-state index in [-0.39, 0.29) is 19.6 Å². The maximum atomic E-state index is 11.9. The van der Waals surface area contributed by atoms with Crippen LogP contribution in [0.15, 0.2) is 0 Å². The average Bonchev–Trinajstić information content (AvgIpc) is 2.53. The van der Waals surface area contributed by atoms with E-state index in [9.17, 15) is 18.3 Å². The van der Waals surface area contributed by atoms with Gasteiger partial charge in [0.05, 0.1) is 31.6 Å². The van der Waals surface area contributed by atoms with Crippen LogP contribution in [-0.2, 0) is 19.0 Å². The molecule has 1 amide bonds. The third-order valence-electron chi connectivity index (χ3n) is 2.49. The Morgan fingerprint density at radius 1 is 1.42 bits per heavy atom. The molecule has 0 spiro atoms. The van der Waals surface area contributed by atoms with Crippen LogP contribution in [0.3, 0.4) is 0 Å². The third-order valence-corrected chi connectivity index (χ3v) is 3.06. The van der Waals surface area contributed by atoms with Crippen molar-refractivity contribution in [1.29, 1.82) is 0 Å². The van der Waals surface area contributed by atoms with Crippen molar-refractivity contribution in [3.8, 4) is 0 Å². The van der Waals surface area contributed by atoms with Crippen LogP contribution in [-0.4, -0.2) is 61.7 Å². The van der Waals surface area contributed by atoms with Crippen molar-refractivity contribution in [3.63, 3.8) is 0 Å². The predicted octanol–water partition coefficient (Wildman–Crippen LogP) is 0.333. The minimum absolute atomic E-state index is 0.118. The van der Waals surface area contributed by atoms with Gasteiger partial charge in [0.2, 0.25) is 0 Å². The number of carbonyl (C=O) groups is 1. The number of nitrogens with zero attached hydrogens (tertiary/aromatic N) is 1. The maximum Gasteiger partial charge on any atom is 0.410 e. The summed E-state index contributed by atoms with van der Waals surface area (Å²) in [4.78, 5) is 13.2. The molecule has 0 aliphatic carbocycles. The second kappa shape index (κ2) is 5.64. The Bertz CT molecular complexity index is 427. The van der Waals surface area contributed by atoms with Crippen LogP contribution in [0.4, 0.5) is 4.79 Å². The summed E-state index contributed by atoms with van der Waals surface area (Å²) in [5.74, 6) is 0. The van der Waals surface area contributed by atoms with Crippen molar-refractivity contribution < 1.29 is 27.2 Å². The summed E-state index contributed by atoms with van der Waals surface area (Å²) in [6, 6.07) is -0.500. The lowest BCUT2D eigenvalue weighted by molar-refractivity contribution is 0.0175. The molecule has 0 bridgehead atoms. The zero-order valence-electron chi connectivity index (χ0n) is 11.6. The summed E-state index contributed by atoms with van der Waals surface area (Å²) in [5, 5.41) is 9.59. The number of likely N-dealkylation sites (tertiary alicyclic amines) is 1. The van der Waals surface area contributed by atoms with E-state index in [1.54, 1.807) is 20.8 Å². The van der Waals surface area contributed by atoms with Gasteiger partial charge in [-0.05, 0) is 27.2 Å². The van der Waals surface area contributed by atoms with Crippen molar-refractivity contribution in [2.75, 3.05) is 19.4 Å². The molecule has 0 aromatic carbocycles. The van der Waals surface area contributed by atoms with Crippen molar-refractivity contribution in [3.05, 3.63) is 0 Å². The van der Waals surface area contributed by atoms with Gasteiger partial charge in [0.1, 0.15) is 5.60 Å². The Labute approximate surface area is 113 Å². The number of amides is 1. The number of rotatable bonds is 3. The fourth-order valence-electron chi connectivity index (χ4n) is 1.80. The molecule has 0 saturated carbocycles. The molecule has 0 aromatic rings. The molecule has 0 unspecified atom stereocenters. The second-order valence-electron chi connectivity index (χ2n) is 5.66. The van der Waals surface area contributed by atoms with Crippen LogP contribution in [0.1, 0.15) is 27.2 Å². The van der Waals surface area contributed by atoms with Gasteiger partial charge in [0, 0.05) is 0 Å². The van der Waals surface area contributed by atoms with Crippen molar-refractivity contribution >= 4 is 16.2 Å². The molecule has 1 rings (SSSR count). The first-order chi connectivity index (χ1) is 8.48. The Kier molecular flexibility index (Phi) is 4.81. The molecule has 19 heavy (non-hydrogen) atoms. The summed E-state index contributed by atoms with van der Waals surface area (Å²) in [7, 11) is -3.57. The smallest absolute Gasteiger partial charge is 0.410 e. The maximum absolute atomic E-state index is 11.9. The zero-order chi connectivity index (χ0) is 14.8. The van der Waals surface area contributed by atoms with Gasteiger partial charge < -0.3 is 14.7 Å². The van der Waals surface area contributed by atoms with E-state index in [4.69, 9.17) is 4.74 Å². The number of hydrogen-bond donors (Lipinski definition) is 1. The molecular formula is C11H21NO6S. The van der Waals surface area contributed by atoms with Gasteiger partial charge in [0.15, 0.2) is 0 Å². The van der Waals surface area contributed by atoms with E-state index >= 15 is 0 Å². The van der Waals surface area contributed by atoms with Crippen LogP contribution >= 0.6 is 0 Å². The standard InChI is InChI=1S/C11H21NO6S/c1-11(2,3)18-10(14)12-6-9(13)5-8(12)7-17-19(4,15)16/h8-9,13H,5-7H2,1-4H3/t8-,9-/m0/s1. The van der Waals surface area contributed by atoms with Gasteiger partial charge in [-0.15, -0.1) is 0 Å². The quantitative estimate of drug-likeness (QED) is 0.754. The Hall–Kier alpha value is -0.860. The summed E-state index contributed by atoms with van der Waals surface area (Å²) < 4.78 is 31.8. The number of β-amino-alcohol motifs (C(OH)–C–C–N with tert-alkyl or cyclic N) is 1. The lowest BCUT2D eigenvalue weighted by Gasteiger charge is -2.28. The number of ether oxygens (including phenoxy) is 1. The Morgan fingerprint density at radius 2 is 2.00 bits per heavy atom. The number of aliphatic hydroxyl groups excluding tert-OH is 1. The normalized spacial score (nSPS) is 24.6. The largest absolute Gasteiger partial charge is 0.444 e. The van der Waals surface area contributed by atoms with Crippen LogP contribution in [0.2, 0.25) is 0 Å². The van der Waals surface area contributed by atoms with Crippen LogP contribution in [0, 0.1) is 0 Å². The van der Waals surface area contributed by atoms with E-state index in [1.807, 2.05) is 0 Å². The number of hydrogen-bond acceptors (Lipinski definition) is 6. The summed E-state index contributed by atoms with van der Waals surface area (Å²) >= 11 is 0. The van der Waals surface area contributed by atoms with E-state index in [1.165, 1.54) is 4.90 Å². The van der Waals surface area contributed by atoms with Gasteiger partial charge in [-0.3, -0.25) is 4.18 Å². The van der Waals surface area contributed by atoms with Gasteiger partial charge in [-0.25, -0.2) is 4.79 Å². The van der Waals surface area contributed by atoms with Gasteiger partial charge in [-0.2, -0.15) is 8.42 Å². The highest BCUT2D eigenvalue weighted by atomic mass is 32.2. The minimum atomic E-state index is -3.57. The van der Waals surface area contributed by atoms with Gasteiger partial charge >= 0.3 is 6.09 Å². The minimum Gasteiger partial charge on any atom is -0.444 e. The SMILES string of the molecule is CC(C)(C)OC(=O)N1C[C@@H](O)C[C@H]1COS(C)(=O)=O. The molecule has 1 saturated heterocycles. The van der Waals surface area contributed by atoms with Crippen LogP contribution in [0.5, 0.6) is 0 Å². The molecule has 2 atom stereocenters. The highest BCUT2D eigenvalue weighted by molar-refractivity contribution is 7.85. The second-order valence-corrected chi connectivity index (χ2v) is 7.31. The molecule has 112 valence electrons. The topological polar surface area (TPSA) is 93.1 Å². The molecule has 0 aromatic heterocycles. The number of aliphatic hydroxyl groups is 1. The predicted molar refractivity (Wildman–Crippen MR) is 68.1 cm³/mol. The van der Waals surface area contributed by atoms with Crippen LogP contribution in [0.25, 0.3) is 0 Å². The van der Waals surface area contributed by atoms with Gasteiger partial charge in [-0.1, -0.05) is 0 Å². The molecular weight excluding hydrogens is 274 g/mol. The molecule has 1 aliphatic rings. The first-order valence-electron chi connectivity index (χ1n) is 6.00. The molecule has 0 radical (unpaired) electrons. The summed E-state index contributed by atoms with van der Waals surface area (Å²) in [6.45, 7) is 5.15. The van der Waals surface area contributed by atoms with E-state index in [2.05, 4.69) is 4.18 Å². The fraction of sp³-hybridized carbons (Fsp3) is 0.909. The van der Waals surface area contributed by atoms with Crippen LogP contribution < -0.4 is 0 Å². The van der Waals surface area contributed by atoms with E-state index < -0.39 is 34.0 Å². The van der Waals surface area contributed by atoms with E-state index in [0.29, 0.717) is 0 Å². The molecule has 1 N–H and O–H groups in total. The molecule has 8 heteroatoms. The van der Waals surface area contributed by atoms with E-state index in [0.717, 1.165) is 6.26 Å². The molecule has 1 heterocycles. The highest BCUT2D eigenvalue weighted by Crippen LogP contribution is 2.21. The lowest BCUT2D eigenvalue weighted by atomic mass is 10.2. The Morgan fingerprint density at radius 3 is 2.47 bits per heavy atom. The van der Waals surface area contributed by atoms with Crippen molar-refractivity contribution in [2.24, 2.45) is 0 Å². The molecule has 1 aliphatic heterocycles. The molecule has 1 fully saturated rings. The Balaban J connectivity index is 2.66.